The van der Waals surface area contributed by atoms with Crippen LogP contribution in [0.4, 0.5) is 10.5 Å². The summed E-state index contributed by atoms with van der Waals surface area (Å²) in [4.78, 5) is 18.4. The Hall–Kier alpha value is -1.51. The largest absolute Gasteiger partial charge is 0.356 e. The summed E-state index contributed by atoms with van der Waals surface area (Å²) in [6.07, 6.45) is 4.53. The molecule has 27 heavy (non-hydrogen) atoms. The average molecular weight is 487 g/mol. The molecule has 6 nitrogen and oxygen atoms in total. The number of rotatable bonds is 7. The molecule has 2 amide bonds. The Kier molecular flexibility index (Phi) is 11.2. The molecule has 1 aromatic carbocycles. The molecule has 3 N–H and O–H groups in total. The Morgan fingerprint density at radius 3 is 2.52 bits per heavy atom. The number of guanidine groups is 1. The molecule has 2 rings (SSSR count). The van der Waals surface area contributed by atoms with Crippen LogP contribution in [0.3, 0.4) is 0 Å². The number of nitrogens with one attached hydrogen (secondary N) is 3. The van der Waals surface area contributed by atoms with E-state index in [0.29, 0.717) is 12.5 Å². The van der Waals surface area contributed by atoms with Crippen molar-refractivity contribution in [1.29, 1.82) is 0 Å². The molecule has 1 heterocycles. The fraction of sp³-hybridized carbons (Fsp3) is 0.600. The van der Waals surface area contributed by atoms with Crippen LogP contribution >= 0.6 is 24.0 Å². The number of anilines is 1. The Labute approximate surface area is 180 Å². The van der Waals surface area contributed by atoms with Crippen molar-refractivity contribution in [1.82, 2.24) is 15.5 Å². The lowest BCUT2D eigenvalue weighted by atomic mass is 10.0. The standard InChI is InChI=1S/C20H33N5O.HI/c1-4-16(5-2)14-22-19(21-3)23-15-17-9-8-10-18(13-17)24-20(26)25-11-6-7-12-25;/h8-10,13,16H,4-7,11-12,14-15H2,1-3H3,(H,24,26)(H2,21,22,23);1H. The highest BCUT2D eigenvalue weighted by molar-refractivity contribution is 14.0. The van der Waals surface area contributed by atoms with Crippen LogP contribution < -0.4 is 16.0 Å². The van der Waals surface area contributed by atoms with Crippen LogP contribution in [-0.2, 0) is 6.54 Å². The molecule has 1 saturated heterocycles. The number of nitrogens with zero attached hydrogens (tertiary/aromatic N) is 2. The molecule has 7 heteroatoms. The van der Waals surface area contributed by atoms with E-state index >= 15 is 0 Å². The molecular formula is C20H34IN5O. The summed E-state index contributed by atoms with van der Waals surface area (Å²) in [5, 5.41) is 9.72. The number of halogens is 1. The van der Waals surface area contributed by atoms with Crippen molar-refractivity contribution in [2.75, 3.05) is 32.0 Å². The van der Waals surface area contributed by atoms with Crippen LogP contribution in [-0.4, -0.2) is 43.6 Å². The van der Waals surface area contributed by atoms with Crippen LogP contribution in [0.5, 0.6) is 0 Å². The molecule has 1 fully saturated rings. The van der Waals surface area contributed by atoms with Gasteiger partial charge in [-0.25, -0.2) is 4.79 Å². The Balaban J connectivity index is 0.00000364. The van der Waals surface area contributed by atoms with Gasteiger partial charge in [0, 0.05) is 38.9 Å². The predicted octanol–water partition coefficient (Wildman–Crippen LogP) is 4.03. The first kappa shape index (κ1) is 23.5. The van der Waals surface area contributed by atoms with E-state index in [2.05, 4.69) is 34.8 Å². The molecule has 0 aliphatic carbocycles. The number of likely N-dealkylation sites (tertiary alicyclic amines) is 1. The molecule has 152 valence electrons. The fourth-order valence-corrected chi connectivity index (χ4v) is 3.11. The normalized spacial score (nSPS) is 14.1. The van der Waals surface area contributed by atoms with Crippen LogP contribution in [0.1, 0.15) is 45.1 Å². The van der Waals surface area contributed by atoms with Crippen molar-refractivity contribution in [3.8, 4) is 0 Å². The summed E-state index contributed by atoms with van der Waals surface area (Å²) >= 11 is 0. The van der Waals surface area contributed by atoms with Gasteiger partial charge < -0.3 is 20.9 Å². The maximum atomic E-state index is 12.2. The number of amides is 2. The molecule has 0 aromatic heterocycles. The van der Waals surface area contributed by atoms with Gasteiger partial charge in [0.1, 0.15) is 0 Å². The first-order valence-electron chi connectivity index (χ1n) is 9.75. The highest BCUT2D eigenvalue weighted by atomic mass is 127. The summed E-state index contributed by atoms with van der Waals surface area (Å²) in [5.74, 6) is 1.47. The van der Waals surface area contributed by atoms with E-state index in [4.69, 9.17) is 0 Å². The lowest BCUT2D eigenvalue weighted by molar-refractivity contribution is 0.222. The third-order valence-electron chi connectivity index (χ3n) is 4.97. The van der Waals surface area contributed by atoms with Gasteiger partial charge in [-0.3, -0.25) is 4.99 Å². The molecule has 1 aromatic rings. The average Bonchev–Trinajstić information content (AvgIpc) is 3.20. The molecule has 1 aliphatic heterocycles. The van der Waals surface area contributed by atoms with Gasteiger partial charge in [0.2, 0.25) is 0 Å². The molecule has 0 atom stereocenters. The minimum Gasteiger partial charge on any atom is -0.356 e. The summed E-state index contributed by atoms with van der Waals surface area (Å²) in [5.41, 5.74) is 1.94. The minimum absolute atomic E-state index is 0. The number of carbonyl (C=O) groups is 1. The van der Waals surface area contributed by atoms with E-state index < -0.39 is 0 Å². The zero-order chi connectivity index (χ0) is 18.8. The molecule has 0 bridgehead atoms. The fourth-order valence-electron chi connectivity index (χ4n) is 3.11. The van der Waals surface area contributed by atoms with Crippen molar-refractivity contribution in [2.24, 2.45) is 10.9 Å². The highest BCUT2D eigenvalue weighted by Gasteiger charge is 2.17. The monoisotopic (exact) mass is 487 g/mol. The lowest BCUT2D eigenvalue weighted by Gasteiger charge is -2.18. The third kappa shape index (κ3) is 7.94. The van der Waals surface area contributed by atoms with E-state index in [-0.39, 0.29) is 30.0 Å². The maximum absolute atomic E-state index is 12.2. The quantitative estimate of drug-likeness (QED) is 0.309. The number of hydrogen-bond acceptors (Lipinski definition) is 2. The number of benzene rings is 1. The van der Waals surface area contributed by atoms with Crippen LogP contribution in [0.2, 0.25) is 0 Å². The summed E-state index contributed by atoms with van der Waals surface area (Å²) < 4.78 is 0. The lowest BCUT2D eigenvalue weighted by Crippen LogP contribution is -2.39. The van der Waals surface area contributed by atoms with Gasteiger partial charge in [-0.15, -0.1) is 24.0 Å². The maximum Gasteiger partial charge on any atom is 0.321 e. The van der Waals surface area contributed by atoms with E-state index in [1.807, 2.05) is 29.2 Å². The van der Waals surface area contributed by atoms with Gasteiger partial charge in [0.15, 0.2) is 5.96 Å². The van der Waals surface area contributed by atoms with E-state index in [1.165, 1.54) is 12.8 Å². The number of carbonyl (C=O) groups excluding carboxylic acids is 1. The summed E-state index contributed by atoms with van der Waals surface area (Å²) in [6.45, 7) is 7.73. The van der Waals surface area contributed by atoms with Crippen molar-refractivity contribution < 1.29 is 4.79 Å². The molecular weight excluding hydrogens is 453 g/mol. The summed E-state index contributed by atoms with van der Waals surface area (Å²) in [6, 6.07) is 7.95. The van der Waals surface area contributed by atoms with Crippen molar-refractivity contribution in [3.05, 3.63) is 29.8 Å². The molecule has 0 spiro atoms. The van der Waals surface area contributed by atoms with E-state index in [9.17, 15) is 4.79 Å². The van der Waals surface area contributed by atoms with Crippen LogP contribution in [0.25, 0.3) is 0 Å². The SMILES string of the molecule is CCC(CC)CNC(=NC)NCc1cccc(NC(=O)N2CCCC2)c1.I. The van der Waals surface area contributed by atoms with Crippen LogP contribution in [0.15, 0.2) is 29.3 Å². The number of aliphatic imine (C=N–C) groups is 1. The second-order valence-corrected chi connectivity index (χ2v) is 6.81. The van der Waals surface area contributed by atoms with Gasteiger partial charge in [-0.05, 0) is 36.5 Å². The molecule has 0 unspecified atom stereocenters. The second-order valence-electron chi connectivity index (χ2n) is 6.81. The summed E-state index contributed by atoms with van der Waals surface area (Å²) in [7, 11) is 1.79. The van der Waals surface area contributed by atoms with Gasteiger partial charge >= 0.3 is 6.03 Å². The van der Waals surface area contributed by atoms with Gasteiger partial charge in [0.05, 0.1) is 0 Å². The van der Waals surface area contributed by atoms with Gasteiger partial charge in [0.25, 0.3) is 0 Å². The predicted molar refractivity (Wildman–Crippen MR) is 124 cm³/mol. The smallest absolute Gasteiger partial charge is 0.321 e. The topological polar surface area (TPSA) is 68.8 Å². The number of hydrogen-bond donors (Lipinski definition) is 3. The van der Waals surface area contributed by atoms with Crippen LogP contribution in [0, 0.1) is 5.92 Å². The second kappa shape index (κ2) is 12.8. The minimum atomic E-state index is -0.00439. The Morgan fingerprint density at radius 2 is 1.89 bits per heavy atom. The number of urea groups is 1. The first-order valence-corrected chi connectivity index (χ1v) is 9.75. The molecule has 1 aliphatic rings. The third-order valence-corrected chi connectivity index (χ3v) is 4.97. The zero-order valence-electron chi connectivity index (χ0n) is 16.8. The Morgan fingerprint density at radius 1 is 1.19 bits per heavy atom. The molecule has 0 saturated carbocycles. The first-order chi connectivity index (χ1) is 12.7. The van der Waals surface area contributed by atoms with Gasteiger partial charge in [-0.1, -0.05) is 38.8 Å². The molecule has 0 radical (unpaired) electrons. The Bertz CT molecular complexity index is 598. The van der Waals surface area contributed by atoms with Crippen molar-refractivity contribution >= 4 is 41.7 Å². The highest BCUT2D eigenvalue weighted by Crippen LogP contribution is 2.14. The van der Waals surface area contributed by atoms with Gasteiger partial charge in [-0.2, -0.15) is 0 Å². The zero-order valence-corrected chi connectivity index (χ0v) is 19.1. The van der Waals surface area contributed by atoms with E-state index in [1.54, 1.807) is 7.05 Å². The van der Waals surface area contributed by atoms with Crippen molar-refractivity contribution in [3.63, 3.8) is 0 Å². The van der Waals surface area contributed by atoms with Crippen molar-refractivity contribution in [2.45, 2.75) is 46.1 Å². The van der Waals surface area contributed by atoms with E-state index in [0.717, 1.165) is 49.7 Å².